The zero-order valence-corrected chi connectivity index (χ0v) is 42.8. The van der Waals surface area contributed by atoms with Crippen LogP contribution in [0.3, 0.4) is 0 Å². The van der Waals surface area contributed by atoms with Crippen LogP contribution < -0.4 is 5.32 Å². The van der Waals surface area contributed by atoms with Crippen molar-refractivity contribution < 1.29 is 51.8 Å². The zero-order valence-electron chi connectivity index (χ0n) is 42.0. The molecule has 0 aromatic heterocycles. The van der Waals surface area contributed by atoms with Gasteiger partial charge in [-0.2, -0.15) is 8.42 Å². The largest absolute Gasteiger partial charge is 0.397 e. The molecule has 1 amide bonds. The summed E-state index contributed by atoms with van der Waals surface area (Å²) >= 11 is 0. The van der Waals surface area contributed by atoms with Crippen LogP contribution in [-0.2, 0) is 28.9 Å². The SMILES string of the molecule is CCCCCCCCCCCCCC/C=C\CCCCCCCCCCCC(=O)NC(COC1OC(CO)C(O)C(OS(=O)(=O)O)C1O)C(O)/C=C/CCCCCCCCCCCCCC. The molecule has 66 heavy (non-hydrogen) atoms. The van der Waals surface area contributed by atoms with E-state index in [0.29, 0.717) is 6.42 Å². The van der Waals surface area contributed by atoms with Gasteiger partial charge in [0.25, 0.3) is 0 Å². The topological polar surface area (TPSA) is 192 Å². The van der Waals surface area contributed by atoms with Crippen molar-refractivity contribution in [2.24, 2.45) is 0 Å². The molecule has 0 radical (unpaired) electrons. The molecule has 1 heterocycles. The Balaban J connectivity index is 2.37. The highest BCUT2D eigenvalue weighted by Gasteiger charge is 2.48. The third kappa shape index (κ3) is 35.7. The molecule has 13 heteroatoms. The lowest BCUT2D eigenvalue weighted by Gasteiger charge is -2.41. The Morgan fingerprint density at radius 1 is 0.591 bits per heavy atom. The first-order chi connectivity index (χ1) is 32.0. The average molecular weight is 960 g/mol. The Morgan fingerprint density at radius 3 is 1.36 bits per heavy atom. The van der Waals surface area contributed by atoms with E-state index in [1.54, 1.807) is 6.08 Å². The highest BCUT2D eigenvalue weighted by Crippen LogP contribution is 2.26. The Labute approximate surface area is 403 Å². The van der Waals surface area contributed by atoms with Gasteiger partial charge in [0.1, 0.15) is 24.4 Å². The summed E-state index contributed by atoms with van der Waals surface area (Å²) < 4.78 is 47.7. The van der Waals surface area contributed by atoms with Crippen molar-refractivity contribution in [1.82, 2.24) is 5.32 Å². The molecule has 0 aliphatic carbocycles. The molecule has 6 N–H and O–H groups in total. The van der Waals surface area contributed by atoms with Gasteiger partial charge in [-0.15, -0.1) is 0 Å². The van der Waals surface area contributed by atoms with Crippen LogP contribution in [0, 0.1) is 0 Å². The number of nitrogens with one attached hydrogen (secondary N) is 1. The third-order valence-corrected chi connectivity index (χ3v) is 13.4. The second-order valence-electron chi connectivity index (χ2n) is 19.2. The molecule has 390 valence electrons. The third-order valence-electron chi connectivity index (χ3n) is 13.0. The molecular formula is C53H101NO11S. The number of carbonyl (C=O) groups is 1. The predicted octanol–water partition coefficient (Wildman–Crippen LogP) is 12.1. The van der Waals surface area contributed by atoms with Crippen molar-refractivity contribution in [1.29, 1.82) is 0 Å². The van der Waals surface area contributed by atoms with Gasteiger partial charge in [0.15, 0.2) is 6.29 Å². The number of amides is 1. The van der Waals surface area contributed by atoms with Gasteiger partial charge in [-0.1, -0.05) is 224 Å². The molecule has 1 aliphatic heterocycles. The quantitative estimate of drug-likeness (QED) is 0.0193. The van der Waals surface area contributed by atoms with E-state index in [4.69, 9.17) is 9.47 Å². The van der Waals surface area contributed by atoms with E-state index in [-0.39, 0.29) is 18.9 Å². The molecule has 0 bridgehead atoms. The summed E-state index contributed by atoms with van der Waals surface area (Å²) in [5.41, 5.74) is 0. The van der Waals surface area contributed by atoms with Gasteiger partial charge in [0.05, 0.1) is 25.4 Å². The standard InChI is InChI=1S/C53H101NO11S/c1-3-5-7-9-11-13-15-17-19-20-21-22-23-24-25-26-27-28-29-31-33-35-37-39-41-43-49(57)54-46(45-63-53-51(59)52(65-66(60,61)62)50(58)48(44-55)64-53)47(56)42-40-38-36-34-32-30-18-16-14-12-10-8-6-4-2/h24-25,40,42,46-48,50-53,55-56,58-59H,3-23,26-39,41,43-45H2,1-2H3,(H,54,57)(H,60,61,62)/b25-24-,42-40+. The number of aliphatic hydroxyl groups excluding tert-OH is 4. The first-order valence-electron chi connectivity index (χ1n) is 27.2. The van der Waals surface area contributed by atoms with Crippen molar-refractivity contribution in [3.8, 4) is 0 Å². The number of allylic oxidation sites excluding steroid dienone is 3. The van der Waals surface area contributed by atoms with E-state index in [2.05, 4.69) is 35.5 Å². The molecule has 7 unspecified atom stereocenters. The van der Waals surface area contributed by atoms with Crippen LogP contribution in [0.1, 0.15) is 251 Å². The molecule has 12 nitrogen and oxygen atoms in total. The zero-order chi connectivity index (χ0) is 48.4. The van der Waals surface area contributed by atoms with Crippen LogP contribution in [0.2, 0.25) is 0 Å². The maximum atomic E-state index is 13.1. The van der Waals surface area contributed by atoms with Crippen molar-refractivity contribution in [3.05, 3.63) is 24.3 Å². The van der Waals surface area contributed by atoms with Crippen LogP contribution in [0.15, 0.2) is 24.3 Å². The van der Waals surface area contributed by atoms with E-state index in [9.17, 15) is 38.2 Å². The Bertz CT molecular complexity index is 1270. The van der Waals surface area contributed by atoms with Crippen molar-refractivity contribution >= 4 is 16.3 Å². The first-order valence-corrected chi connectivity index (χ1v) is 28.6. The second kappa shape index (κ2) is 43.6. The van der Waals surface area contributed by atoms with Crippen LogP contribution in [0.4, 0.5) is 0 Å². The lowest BCUT2D eigenvalue weighted by molar-refractivity contribution is -0.298. The molecule has 1 aliphatic rings. The highest BCUT2D eigenvalue weighted by atomic mass is 32.3. The fourth-order valence-electron chi connectivity index (χ4n) is 8.74. The normalized spacial score (nSPS) is 20.1. The van der Waals surface area contributed by atoms with Gasteiger partial charge in [0, 0.05) is 6.42 Å². The number of carbonyl (C=O) groups excluding carboxylic acids is 1. The smallest absolute Gasteiger partial charge is 0.394 e. The highest BCUT2D eigenvalue weighted by molar-refractivity contribution is 7.80. The minimum absolute atomic E-state index is 0.263. The number of hydrogen-bond acceptors (Lipinski definition) is 10. The summed E-state index contributed by atoms with van der Waals surface area (Å²) in [5, 5.41) is 44.8. The maximum absolute atomic E-state index is 13.1. The predicted molar refractivity (Wildman–Crippen MR) is 269 cm³/mol. The van der Waals surface area contributed by atoms with Gasteiger partial charge in [-0.05, 0) is 44.9 Å². The number of ether oxygens (including phenoxy) is 2. The lowest BCUT2D eigenvalue weighted by atomic mass is 9.99. The molecule has 1 rings (SSSR count). The molecule has 0 saturated carbocycles. The number of rotatable bonds is 47. The van der Waals surface area contributed by atoms with Gasteiger partial charge >= 0.3 is 10.4 Å². The maximum Gasteiger partial charge on any atom is 0.397 e. The van der Waals surface area contributed by atoms with E-state index < -0.39 is 59.9 Å². The number of aliphatic hydroxyl groups is 4. The molecule has 7 atom stereocenters. The Kier molecular flexibility index (Phi) is 41.3. The van der Waals surface area contributed by atoms with E-state index in [1.807, 2.05) is 6.08 Å². The molecular weight excluding hydrogens is 859 g/mol. The van der Waals surface area contributed by atoms with Crippen molar-refractivity contribution in [3.63, 3.8) is 0 Å². The average Bonchev–Trinajstić information content (AvgIpc) is 3.29. The first kappa shape index (κ1) is 62.6. The fourth-order valence-corrected chi connectivity index (χ4v) is 9.25. The summed E-state index contributed by atoms with van der Waals surface area (Å²) in [7, 11) is -5.09. The Morgan fingerprint density at radius 2 is 0.970 bits per heavy atom. The number of hydrogen-bond donors (Lipinski definition) is 6. The summed E-state index contributed by atoms with van der Waals surface area (Å²) in [5.74, 6) is -0.263. The van der Waals surface area contributed by atoms with Gasteiger partial charge in [-0.3, -0.25) is 9.35 Å². The summed E-state index contributed by atoms with van der Waals surface area (Å²) in [6.07, 6.45) is 43.7. The Hall–Kier alpha value is -1.42. The van der Waals surface area contributed by atoms with Crippen molar-refractivity contribution in [2.75, 3.05) is 13.2 Å². The summed E-state index contributed by atoms with van der Waals surface area (Å²) in [6, 6.07) is -0.943. The molecule has 0 spiro atoms. The molecule has 0 aromatic carbocycles. The van der Waals surface area contributed by atoms with E-state index in [0.717, 1.165) is 38.5 Å². The van der Waals surface area contributed by atoms with Crippen LogP contribution in [-0.4, -0.2) is 95.4 Å². The minimum Gasteiger partial charge on any atom is -0.394 e. The van der Waals surface area contributed by atoms with Gasteiger partial charge in [0.2, 0.25) is 5.91 Å². The van der Waals surface area contributed by atoms with E-state index in [1.165, 1.54) is 186 Å². The van der Waals surface area contributed by atoms with Crippen molar-refractivity contribution in [2.45, 2.75) is 294 Å². The van der Waals surface area contributed by atoms with Gasteiger partial charge < -0.3 is 35.2 Å². The minimum atomic E-state index is -5.09. The molecule has 1 saturated heterocycles. The van der Waals surface area contributed by atoms with E-state index >= 15 is 0 Å². The van der Waals surface area contributed by atoms with Gasteiger partial charge in [-0.25, -0.2) is 4.18 Å². The van der Waals surface area contributed by atoms with Crippen LogP contribution in [0.25, 0.3) is 0 Å². The number of unbranched alkanes of at least 4 members (excludes halogenated alkanes) is 33. The van der Waals surface area contributed by atoms with Crippen LogP contribution >= 0.6 is 0 Å². The second-order valence-corrected chi connectivity index (χ2v) is 20.2. The summed E-state index contributed by atoms with van der Waals surface area (Å²) in [6.45, 7) is 3.41. The molecule has 0 aromatic rings. The molecule has 1 fully saturated rings. The van der Waals surface area contributed by atoms with Crippen LogP contribution in [0.5, 0.6) is 0 Å². The lowest BCUT2D eigenvalue weighted by Crippen LogP contribution is -2.61. The summed E-state index contributed by atoms with van der Waals surface area (Å²) in [4.78, 5) is 13.1. The fraction of sp³-hybridized carbons (Fsp3) is 0.906. The monoisotopic (exact) mass is 960 g/mol.